The standard InChI is InChI=1S/C24H24N2O/c1-23(2,3)26-24(20-15-9-5-10-16-20,21-17-11-6-12-18-21)27-22(25-26)19-13-7-4-8-14-19/h4-18H,1-3H3. The van der Waals surface area contributed by atoms with Crippen LogP contribution in [0.2, 0.25) is 0 Å². The van der Waals surface area contributed by atoms with E-state index in [2.05, 4.69) is 50.0 Å². The molecule has 0 aliphatic carbocycles. The molecule has 0 aromatic heterocycles. The maximum absolute atomic E-state index is 6.72. The fourth-order valence-electron chi connectivity index (χ4n) is 3.54. The van der Waals surface area contributed by atoms with Gasteiger partial charge < -0.3 is 4.74 Å². The summed E-state index contributed by atoms with van der Waals surface area (Å²) < 4.78 is 6.72. The van der Waals surface area contributed by atoms with E-state index in [4.69, 9.17) is 9.84 Å². The lowest BCUT2D eigenvalue weighted by molar-refractivity contribution is -0.0810. The van der Waals surface area contributed by atoms with E-state index in [1.54, 1.807) is 0 Å². The number of ether oxygens (including phenoxy) is 1. The van der Waals surface area contributed by atoms with Crippen molar-refractivity contribution in [3.05, 3.63) is 108 Å². The quantitative estimate of drug-likeness (QED) is 0.629. The summed E-state index contributed by atoms with van der Waals surface area (Å²) in [6, 6.07) is 30.7. The monoisotopic (exact) mass is 356 g/mol. The van der Waals surface area contributed by atoms with Crippen LogP contribution in [0, 0.1) is 0 Å². The second-order valence-electron chi connectivity index (χ2n) is 7.73. The number of hydrogen-bond donors (Lipinski definition) is 0. The van der Waals surface area contributed by atoms with Crippen molar-refractivity contribution in [2.45, 2.75) is 32.0 Å². The molecule has 3 heteroatoms. The summed E-state index contributed by atoms with van der Waals surface area (Å²) in [4.78, 5) is 0. The van der Waals surface area contributed by atoms with Crippen molar-refractivity contribution in [2.75, 3.05) is 0 Å². The Labute approximate surface area is 160 Å². The average Bonchev–Trinajstić information content (AvgIpc) is 3.13. The summed E-state index contributed by atoms with van der Waals surface area (Å²) in [5, 5.41) is 7.05. The van der Waals surface area contributed by atoms with Crippen LogP contribution in [-0.4, -0.2) is 16.4 Å². The Balaban J connectivity index is 1.95. The fourth-order valence-corrected chi connectivity index (χ4v) is 3.54. The molecule has 0 unspecified atom stereocenters. The molecule has 0 atom stereocenters. The van der Waals surface area contributed by atoms with Crippen molar-refractivity contribution in [3.8, 4) is 0 Å². The molecule has 0 spiro atoms. The van der Waals surface area contributed by atoms with Gasteiger partial charge >= 0.3 is 0 Å². The van der Waals surface area contributed by atoms with Gasteiger partial charge in [-0.3, -0.25) is 0 Å². The summed E-state index contributed by atoms with van der Waals surface area (Å²) in [6.07, 6.45) is 0. The Morgan fingerprint density at radius 3 is 1.59 bits per heavy atom. The molecule has 0 radical (unpaired) electrons. The van der Waals surface area contributed by atoms with E-state index in [0.29, 0.717) is 5.90 Å². The third kappa shape index (κ3) is 2.99. The molecular weight excluding hydrogens is 332 g/mol. The fraction of sp³-hybridized carbons (Fsp3) is 0.208. The lowest BCUT2D eigenvalue weighted by Crippen LogP contribution is -2.51. The highest BCUT2D eigenvalue weighted by molar-refractivity contribution is 5.95. The minimum atomic E-state index is -0.814. The Bertz CT molecular complexity index is 889. The maximum atomic E-state index is 6.72. The molecule has 1 aliphatic heterocycles. The average molecular weight is 356 g/mol. The Morgan fingerprint density at radius 2 is 1.15 bits per heavy atom. The van der Waals surface area contributed by atoms with Gasteiger partial charge in [-0.2, -0.15) is 0 Å². The first-order chi connectivity index (χ1) is 13.0. The minimum absolute atomic E-state index is 0.248. The van der Waals surface area contributed by atoms with E-state index >= 15 is 0 Å². The topological polar surface area (TPSA) is 24.8 Å². The van der Waals surface area contributed by atoms with E-state index in [1.165, 1.54) is 0 Å². The maximum Gasteiger partial charge on any atom is 0.252 e. The zero-order chi connectivity index (χ0) is 18.9. The molecule has 3 aromatic carbocycles. The molecule has 0 saturated heterocycles. The molecule has 4 rings (SSSR count). The van der Waals surface area contributed by atoms with Gasteiger partial charge in [0.15, 0.2) is 0 Å². The van der Waals surface area contributed by atoms with Crippen molar-refractivity contribution in [3.63, 3.8) is 0 Å². The molecule has 1 aliphatic rings. The first kappa shape index (κ1) is 17.3. The molecule has 1 heterocycles. The molecule has 3 aromatic rings. The highest BCUT2D eigenvalue weighted by Crippen LogP contribution is 2.45. The van der Waals surface area contributed by atoms with E-state index in [9.17, 15) is 0 Å². The van der Waals surface area contributed by atoms with Crippen LogP contribution in [0.4, 0.5) is 0 Å². The third-order valence-electron chi connectivity index (χ3n) is 4.72. The van der Waals surface area contributed by atoms with Crippen LogP contribution in [0.25, 0.3) is 0 Å². The Hall–Kier alpha value is -3.07. The predicted octanol–water partition coefficient (Wildman–Crippen LogP) is 5.38. The highest BCUT2D eigenvalue weighted by atomic mass is 16.6. The number of hydrazone groups is 1. The van der Waals surface area contributed by atoms with Gasteiger partial charge in [0.1, 0.15) is 0 Å². The number of hydrogen-bond acceptors (Lipinski definition) is 3. The summed E-state index contributed by atoms with van der Waals surface area (Å²) in [7, 11) is 0. The molecule has 3 nitrogen and oxygen atoms in total. The largest absolute Gasteiger partial charge is 0.439 e. The van der Waals surface area contributed by atoms with Gasteiger partial charge in [-0.15, -0.1) is 5.10 Å². The van der Waals surface area contributed by atoms with Crippen LogP contribution >= 0.6 is 0 Å². The highest BCUT2D eigenvalue weighted by Gasteiger charge is 2.52. The summed E-state index contributed by atoms with van der Waals surface area (Å²) in [5.74, 6) is 0.637. The molecule has 27 heavy (non-hydrogen) atoms. The van der Waals surface area contributed by atoms with Gasteiger partial charge in [0, 0.05) is 16.7 Å². The van der Waals surface area contributed by atoms with Crippen LogP contribution < -0.4 is 0 Å². The zero-order valence-corrected chi connectivity index (χ0v) is 16.0. The molecule has 136 valence electrons. The second-order valence-corrected chi connectivity index (χ2v) is 7.73. The number of benzene rings is 3. The minimum Gasteiger partial charge on any atom is -0.439 e. The van der Waals surface area contributed by atoms with E-state index in [1.807, 2.05) is 66.7 Å². The van der Waals surface area contributed by atoms with Gasteiger partial charge in [-0.05, 0) is 32.9 Å². The molecule has 0 N–H and O–H groups in total. The van der Waals surface area contributed by atoms with Crippen LogP contribution in [0.1, 0.15) is 37.5 Å². The summed E-state index contributed by atoms with van der Waals surface area (Å²) in [5.41, 5.74) is 2.02. The van der Waals surface area contributed by atoms with Crippen LogP contribution in [0.5, 0.6) is 0 Å². The van der Waals surface area contributed by atoms with Crippen LogP contribution in [0.15, 0.2) is 96.1 Å². The van der Waals surface area contributed by atoms with Crippen molar-refractivity contribution in [2.24, 2.45) is 5.10 Å². The first-order valence-corrected chi connectivity index (χ1v) is 9.26. The summed E-state index contributed by atoms with van der Waals surface area (Å²) in [6.45, 7) is 6.48. The Kier molecular flexibility index (Phi) is 4.23. The van der Waals surface area contributed by atoms with E-state index in [0.717, 1.165) is 16.7 Å². The molecule has 0 saturated carbocycles. The van der Waals surface area contributed by atoms with Crippen molar-refractivity contribution >= 4 is 5.90 Å². The zero-order valence-electron chi connectivity index (χ0n) is 16.0. The van der Waals surface area contributed by atoms with Crippen molar-refractivity contribution in [1.82, 2.24) is 5.01 Å². The van der Waals surface area contributed by atoms with Crippen LogP contribution in [0.3, 0.4) is 0 Å². The Morgan fingerprint density at radius 1 is 0.704 bits per heavy atom. The van der Waals surface area contributed by atoms with Gasteiger partial charge in [-0.25, -0.2) is 5.01 Å². The lowest BCUT2D eigenvalue weighted by atomic mass is 9.90. The molecule has 0 fully saturated rings. The number of rotatable bonds is 3. The molecule has 0 amide bonds. The predicted molar refractivity (Wildman–Crippen MR) is 109 cm³/mol. The van der Waals surface area contributed by atoms with Crippen molar-refractivity contribution in [1.29, 1.82) is 0 Å². The summed E-state index contributed by atoms with van der Waals surface area (Å²) >= 11 is 0. The number of nitrogens with zero attached hydrogens (tertiary/aromatic N) is 2. The second kappa shape index (κ2) is 6.58. The van der Waals surface area contributed by atoms with Gasteiger partial charge in [0.25, 0.3) is 5.72 Å². The SMILES string of the molecule is CC(C)(C)N1N=C(c2ccccc2)OC1(c1ccccc1)c1ccccc1. The lowest BCUT2D eigenvalue weighted by Gasteiger charge is -2.43. The smallest absolute Gasteiger partial charge is 0.252 e. The molecular formula is C24H24N2O. The van der Waals surface area contributed by atoms with Crippen LogP contribution in [-0.2, 0) is 10.5 Å². The van der Waals surface area contributed by atoms with Gasteiger partial charge in [0.05, 0.1) is 5.54 Å². The van der Waals surface area contributed by atoms with Crippen molar-refractivity contribution < 1.29 is 4.74 Å². The normalized spacial score (nSPS) is 16.0. The first-order valence-electron chi connectivity index (χ1n) is 9.26. The third-order valence-corrected chi connectivity index (χ3v) is 4.72. The van der Waals surface area contributed by atoms with E-state index < -0.39 is 5.72 Å². The molecule has 0 bridgehead atoms. The van der Waals surface area contributed by atoms with E-state index in [-0.39, 0.29) is 5.54 Å². The van der Waals surface area contributed by atoms with Gasteiger partial charge in [-0.1, -0.05) is 78.9 Å². The van der Waals surface area contributed by atoms with Gasteiger partial charge in [0.2, 0.25) is 5.90 Å².